The zero-order valence-electron chi connectivity index (χ0n) is 16.5. The number of amides is 1. The number of rotatable bonds is 11. The third-order valence-electron chi connectivity index (χ3n) is 4.24. The van der Waals surface area contributed by atoms with Gasteiger partial charge in [-0.05, 0) is 52.7 Å². The van der Waals surface area contributed by atoms with Crippen LogP contribution in [0.25, 0.3) is 0 Å². The Morgan fingerprint density at radius 2 is 1.86 bits per heavy atom. The molecule has 0 atom stereocenters. The van der Waals surface area contributed by atoms with E-state index < -0.39 is 10.0 Å². The molecule has 0 aliphatic heterocycles. The summed E-state index contributed by atoms with van der Waals surface area (Å²) in [6.45, 7) is 1.68. The Labute approximate surface area is 180 Å². The van der Waals surface area contributed by atoms with Gasteiger partial charge in [0.2, 0.25) is 10.0 Å². The smallest absolute Gasteiger partial charge is 0.252 e. The summed E-state index contributed by atoms with van der Waals surface area (Å²) >= 11 is 3.32. The SMILES string of the molecule is COCCNS(=O)(=O)c1ccc(Br)c(C(=O)NCCCN(C)c2ccccc2)c1. The zero-order valence-corrected chi connectivity index (χ0v) is 18.9. The van der Waals surface area contributed by atoms with Crippen molar-refractivity contribution in [1.29, 1.82) is 0 Å². The molecule has 2 aromatic carbocycles. The molecule has 0 saturated carbocycles. The van der Waals surface area contributed by atoms with Crippen LogP contribution in [0.15, 0.2) is 57.9 Å². The first-order valence-corrected chi connectivity index (χ1v) is 11.5. The minimum absolute atomic E-state index is 0.0331. The highest BCUT2D eigenvalue weighted by atomic mass is 79.9. The molecule has 0 saturated heterocycles. The van der Waals surface area contributed by atoms with Crippen LogP contribution in [-0.2, 0) is 14.8 Å². The third-order valence-corrected chi connectivity index (χ3v) is 6.39. The fourth-order valence-corrected chi connectivity index (χ4v) is 4.10. The Morgan fingerprint density at radius 1 is 1.14 bits per heavy atom. The van der Waals surface area contributed by atoms with Gasteiger partial charge in [0.05, 0.1) is 17.1 Å². The molecule has 0 bridgehead atoms. The molecular formula is C20H26BrN3O4S. The van der Waals surface area contributed by atoms with Crippen molar-refractivity contribution in [1.82, 2.24) is 10.0 Å². The number of hydrogen-bond acceptors (Lipinski definition) is 5. The van der Waals surface area contributed by atoms with E-state index in [1.807, 2.05) is 37.4 Å². The lowest BCUT2D eigenvalue weighted by Gasteiger charge is -2.19. The number of ether oxygens (including phenoxy) is 1. The van der Waals surface area contributed by atoms with E-state index in [2.05, 4.69) is 30.9 Å². The summed E-state index contributed by atoms with van der Waals surface area (Å²) < 4.78 is 32.5. The van der Waals surface area contributed by atoms with Crippen LogP contribution in [0, 0.1) is 0 Å². The first kappa shape index (κ1) is 23.3. The maximum absolute atomic E-state index is 12.5. The summed E-state index contributed by atoms with van der Waals surface area (Å²) in [6, 6.07) is 14.4. The van der Waals surface area contributed by atoms with Gasteiger partial charge in [0.1, 0.15) is 0 Å². The van der Waals surface area contributed by atoms with Crippen LogP contribution in [0.3, 0.4) is 0 Å². The molecule has 0 heterocycles. The number of carbonyl (C=O) groups is 1. The molecule has 0 aliphatic carbocycles. The summed E-state index contributed by atoms with van der Waals surface area (Å²) in [5.74, 6) is -0.326. The molecule has 0 aliphatic rings. The van der Waals surface area contributed by atoms with Gasteiger partial charge < -0.3 is 15.0 Å². The van der Waals surface area contributed by atoms with Crippen molar-refractivity contribution in [2.24, 2.45) is 0 Å². The van der Waals surface area contributed by atoms with Crippen LogP contribution >= 0.6 is 15.9 Å². The summed E-state index contributed by atoms with van der Waals surface area (Å²) in [4.78, 5) is 14.7. The molecule has 1 amide bonds. The Bertz CT molecular complexity index is 907. The Hall–Kier alpha value is -1.94. The minimum atomic E-state index is -3.71. The van der Waals surface area contributed by atoms with Crippen LogP contribution in [0.2, 0.25) is 0 Å². The Morgan fingerprint density at radius 3 is 2.55 bits per heavy atom. The number of sulfonamides is 1. The summed E-state index contributed by atoms with van der Waals surface area (Å²) in [7, 11) is -0.217. The average molecular weight is 484 g/mol. The van der Waals surface area contributed by atoms with Gasteiger partial charge in [0.15, 0.2) is 0 Å². The second-order valence-electron chi connectivity index (χ2n) is 6.40. The van der Waals surface area contributed by atoms with E-state index in [9.17, 15) is 13.2 Å². The second-order valence-corrected chi connectivity index (χ2v) is 9.02. The summed E-state index contributed by atoms with van der Waals surface area (Å²) in [5.41, 5.74) is 1.39. The molecule has 29 heavy (non-hydrogen) atoms. The van der Waals surface area contributed by atoms with Crippen molar-refractivity contribution in [3.05, 3.63) is 58.6 Å². The highest BCUT2D eigenvalue weighted by Crippen LogP contribution is 2.21. The van der Waals surface area contributed by atoms with E-state index in [0.717, 1.165) is 18.7 Å². The van der Waals surface area contributed by atoms with Crippen LogP contribution in [0.4, 0.5) is 5.69 Å². The van der Waals surface area contributed by atoms with Crippen LogP contribution < -0.4 is 14.9 Å². The van der Waals surface area contributed by atoms with Crippen molar-refractivity contribution >= 4 is 37.5 Å². The molecule has 0 fully saturated rings. The van der Waals surface area contributed by atoms with E-state index in [1.54, 1.807) is 6.07 Å². The number of anilines is 1. The maximum Gasteiger partial charge on any atom is 0.252 e. The second kappa shape index (κ2) is 11.3. The fraction of sp³-hybridized carbons (Fsp3) is 0.350. The average Bonchev–Trinajstić information content (AvgIpc) is 2.71. The molecule has 2 N–H and O–H groups in total. The number of para-hydroxylation sites is 1. The number of nitrogens with one attached hydrogen (secondary N) is 2. The monoisotopic (exact) mass is 483 g/mol. The van der Waals surface area contributed by atoms with Gasteiger partial charge in [0.25, 0.3) is 5.91 Å². The predicted octanol–water partition coefficient (Wildman–Crippen LogP) is 2.63. The molecule has 2 aromatic rings. The quantitative estimate of drug-likeness (QED) is 0.479. The van der Waals surface area contributed by atoms with E-state index in [0.29, 0.717) is 11.0 Å². The molecule has 9 heteroatoms. The first-order chi connectivity index (χ1) is 13.8. The molecule has 0 unspecified atom stereocenters. The van der Waals surface area contributed by atoms with Crippen molar-refractivity contribution in [3.8, 4) is 0 Å². The van der Waals surface area contributed by atoms with Gasteiger partial charge in [-0.15, -0.1) is 0 Å². The zero-order chi connectivity index (χ0) is 21.3. The lowest BCUT2D eigenvalue weighted by Crippen LogP contribution is -2.29. The van der Waals surface area contributed by atoms with Gasteiger partial charge >= 0.3 is 0 Å². The van der Waals surface area contributed by atoms with Gasteiger partial charge in [0, 0.05) is 44.0 Å². The Balaban J connectivity index is 1.93. The normalized spacial score (nSPS) is 11.3. The molecule has 0 radical (unpaired) electrons. The molecule has 158 valence electrons. The van der Waals surface area contributed by atoms with Gasteiger partial charge in [-0.2, -0.15) is 0 Å². The topological polar surface area (TPSA) is 87.7 Å². The number of hydrogen-bond donors (Lipinski definition) is 2. The predicted molar refractivity (Wildman–Crippen MR) is 118 cm³/mol. The first-order valence-electron chi connectivity index (χ1n) is 9.17. The highest BCUT2D eigenvalue weighted by molar-refractivity contribution is 9.10. The lowest BCUT2D eigenvalue weighted by atomic mass is 10.2. The van der Waals surface area contributed by atoms with Crippen LogP contribution in [-0.4, -0.2) is 54.7 Å². The van der Waals surface area contributed by atoms with Gasteiger partial charge in [-0.25, -0.2) is 13.1 Å². The fourth-order valence-electron chi connectivity index (χ4n) is 2.63. The number of methoxy groups -OCH3 is 1. The van der Waals surface area contributed by atoms with Crippen LogP contribution in [0.1, 0.15) is 16.8 Å². The van der Waals surface area contributed by atoms with Crippen molar-refractivity contribution in [2.75, 3.05) is 45.3 Å². The van der Waals surface area contributed by atoms with E-state index in [-0.39, 0.29) is 29.5 Å². The van der Waals surface area contributed by atoms with Crippen molar-refractivity contribution in [3.63, 3.8) is 0 Å². The number of carbonyl (C=O) groups excluding carboxylic acids is 1. The molecular weight excluding hydrogens is 458 g/mol. The highest BCUT2D eigenvalue weighted by Gasteiger charge is 2.18. The summed E-state index contributed by atoms with van der Waals surface area (Å²) in [6.07, 6.45) is 0.755. The molecule has 2 rings (SSSR count). The lowest BCUT2D eigenvalue weighted by molar-refractivity contribution is 0.0952. The van der Waals surface area contributed by atoms with Gasteiger partial charge in [-0.3, -0.25) is 4.79 Å². The summed E-state index contributed by atoms with van der Waals surface area (Å²) in [5, 5.41) is 2.85. The number of halogens is 1. The van der Waals surface area contributed by atoms with E-state index >= 15 is 0 Å². The third kappa shape index (κ3) is 7.11. The van der Waals surface area contributed by atoms with Crippen molar-refractivity contribution in [2.45, 2.75) is 11.3 Å². The van der Waals surface area contributed by atoms with Crippen molar-refractivity contribution < 1.29 is 17.9 Å². The van der Waals surface area contributed by atoms with Gasteiger partial charge in [-0.1, -0.05) is 18.2 Å². The minimum Gasteiger partial charge on any atom is -0.383 e. The molecule has 0 aromatic heterocycles. The standard InChI is InChI=1S/C20H26BrN3O4S/c1-24(16-7-4-3-5-8-16)13-6-11-22-20(25)18-15-17(9-10-19(18)21)29(26,27)23-12-14-28-2/h3-5,7-10,15,23H,6,11-14H2,1-2H3,(H,22,25). The van der Waals surface area contributed by atoms with E-state index in [1.165, 1.54) is 19.2 Å². The molecule has 7 nitrogen and oxygen atoms in total. The van der Waals surface area contributed by atoms with Crippen LogP contribution in [0.5, 0.6) is 0 Å². The maximum atomic E-state index is 12.5. The van der Waals surface area contributed by atoms with E-state index in [4.69, 9.17) is 4.74 Å². The Kier molecular flexibility index (Phi) is 9.09. The number of nitrogens with zero attached hydrogens (tertiary/aromatic N) is 1. The number of benzene rings is 2. The molecule has 0 spiro atoms. The largest absolute Gasteiger partial charge is 0.383 e.